The van der Waals surface area contributed by atoms with Gasteiger partial charge in [0, 0.05) is 18.1 Å². The number of methoxy groups -OCH3 is 1. The Morgan fingerprint density at radius 1 is 1.23 bits per heavy atom. The molecule has 1 atom stereocenters. The first-order valence-electron chi connectivity index (χ1n) is 10.1. The zero-order valence-electron chi connectivity index (χ0n) is 18.0. The number of nitrogens with zero attached hydrogens (tertiary/aromatic N) is 1. The molecule has 0 aromatic heterocycles. The summed E-state index contributed by atoms with van der Waals surface area (Å²) in [7, 11) is 1.59. The van der Waals surface area contributed by atoms with Crippen LogP contribution in [0, 0.1) is 0 Å². The Labute approximate surface area is 197 Å². The highest BCUT2D eigenvalue weighted by Gasteiger charge is 2.26. The third-order valence-electron chi connectivity index (χ3n) is 4.73. The van der Waals surface area contributed by atoms with Crippen LogP contribution in [0.2, 0.25) is 5.02 Å². The van der Waals surface area contributed by atoms with E-state index in [4.69, 9.17) is 21.1 Å². The molecule has 2 aromatic carbocycles. The van der Waals surface area contributed by atoms with E-state index in [1.54, 1.807) is 32.2 Å². The Morgan fingerprint density at radius 2 is 2.00 bits per heavy atom. The lowest BCUT2D eigenvalue weighted by Crippen LogP contribution is -2.49. The molecule has 6 nitrogen and oxygen atoms in total. The number of amides is 2. The average Bonchev–Trinajstić information content (AvgIpc) is 2.76. The topological polar surface area (TPSA) is 67.9 Å². The summed E-state index contributed by atoms with van der Waals surface area (Å²) < 4.78 is 11.6. The summed E-state index contributed by atoms with van der Waals surface area (Å²) in [5.74, 6) is 0.686. The first-order chi connectivity index (χ1) is 14.8. The van der Waals surface area contributed by atoms with E-state index in [0.717, 1.165) is 18.4 Å². The first kappa shape index (κ1) is 25.0. The second-order valence-electron chi connectivity index (χ2n) is 7.06. The van der Waals surface area contributed by atoms with Crippen LogP contribution in [0.3, 0.4) is 0 Å². The minimum atomic E-state index is -0.659. The van der Waals surface area contributed by atoms with Gasteiger partial charge in [-0.25, -0.2) is 0 Å². The van der Waals surface area contributed by atoms with Gasteiger partial charge in [0.15, 0.2) is 6.61 Å². The molecule has 31 heavy (non-hydrogen) atoms. The number of nitrogens with one attached hydrogen (secondary N) is 1. The van der Waals surface area contributed by atoms with Crippen LogP contribution in [-0.4, -0.2) is 43.0 Å². The molecule has 0 aliphatic rings. The van der Waals surface area contributed by atoms with Crippen molar-refractivity contribution in [2.75, 3.05) is 20.3 Å². The van der Waals surface area contributed by atoms with Crippen molar-refractivity contribution in [3.63, 3.8) is 0 Å². The third kappa shape index (κ3) is 7.74. The Bertz CT molecular complexity index is 894. The van der Waals surface area contributed by atoms with Crippen LogP contribution in [0.25, 0.3) is 0 Å². The van der Waals surface area contributed by atoms with Crippen molar-refractivity contribution in [3.8, 4) is 11.5 Å². The van der Waals surface area contributed by atoms with E-state index in [1.165, 1.54) is 4.90 Å². The number of unbranched alkanes of at least 4 members (excludes halogenated alkanes) is 1. The summed E-state index contributed by atoms with van der Waals surface area (Å²) in [5, 5.41) is 3.45. The van der Waals surface area contributed by atoms with Crippen LogP contribution in [-0.2, 0) is 16.1 Å². The maximum absolute atomic E-state index is 13.1. The third-order valence-corrected chi connectivity index (χ3v) is 5.58. The maximum Gasteiger partial charge on any atom is 0.261 e. The van der Waals surface area contributed by atoms with E-state index in [9.17, 15) is 9.59 Å². The standard InChI is InChI=1S/C23H28BrClN2O4/c1-4-5-11-26-23(29)16(2)27(14-17-7-6-8-19(12-17)30-3)22(28)15-31-21-10-9-18(25)13-20(21)24/h6-10,12-13,16H,4-5,11,14-15H2,1-3H3,(H,26,29)/t16-/m1/s1. The van der Waals surface area contributed by atoms with Crippen molar-refractivity contribution in [1.29, 1.82) is 0 Å². The van der Waals surface area contributed by atoms with E-state index >= 15 is 0 Å². The quantitative estimate of drug-likeness (QED) is 0.439. The van der Waals surface area contributed by atoms with Crippen molar-refractivity contribution >= 4 is 39.3 Å². The number of ether oxygens (including phenoxy) is 2. The van der Waals surface area contributed by atoms with Gasteiger partial charge in [-0.3, -0.25) is 9.59 Å². The average molecular weight is 512 g/mol. The fraction of sp³-hybridized carbons (Fsp3) is 0.391. The van der Waals surface area contributed by atoms with Crippen molar-refractivity contribution in [2.45, 2.75) is 39.3 Å². The summed E-state index contributed by atoms with van der Waals surface area (Å²) >= 11 is 9.34. The van der Waals surface area contributed by atoms with Gasteiger partial charge in [-0.1, -0.05) is 37.1 Å². The molecule has 0 aliphatic heterocycles. The summed E-state index contributed by atoms with van der Waals surface area (Å²) in [4.78, 5) is 27.2. The second-order valence-corrected chi connectivity index (χ2v) is 8.35. The van der Waals surface area contributed by atoms with Gasteiger partial charge in [-0.15, -0.1) is 0 Å². The molecule has 0 saturated carbocycles. The number of halogens is 2. The van der Waals surface area contributed by atoms with Crippen LogP contribution in [0.15, 0.2) is 46.9 Å². The summed E-state index contributed by atoms with van der Waals surface area (Å²) in [5.41, 5.74) is 0.855. The SMILES string of the molecule is CCCCNC(=O)[C@@H](C)N(Cc1cccc(OC)c1)C(=O)COc1ccc(Cl)cc1Br. The second kappa shape index (κ2) is 12.6. The maximum atomic E-state index is 13.1. The number of carbonyl (C=O) groups excluding carboxylic acids is 2. The lowest BCUT2D eigenvalue weighted by atomic mass is 10.1. The number of rotatable bonds is 11. The molecule has 0 unspecified atom stereocenters. The van der Waals surface area contributed by atoms with E-state index in [1.807, 2.05) is 24.3 Å². The highest BCUT2D eigenvalue weighted by Crippen LogP contribution is 2.28. The molecule has 2 amide bonds. The predicted octanol–water partition coefficient (Wildman–Crippen LogP) is 4.82. The Balaban J connectivity index is 2.16. The monoisotopic (exact) mass is 510 g/mol. The van der Waals surface area contributed by atoms with Gasteiger partial charge in [0.25, 0.3) is 5.91 Å². The van der Waals surface area contributed by atoms with Crippen LogP contribution in [0.1, 0.15) is 32.3 Å². The van der Waals surface area contributed by atoms with Crippen LogP contribution in [0.4, 0.5) is 0 Å². The highest BCUT2D eigenvalue weighted by atomic mass is 79.9. The normalized spacial score (nSPS) is 11.5. The molecule has 0 radical (unpaired) electrons. The number of benzene rings is 2. The lowest BCUT2D eigenvalue weighted by Gasteiger charge is -2.29. The molecule has 8 heteroatoms. The molecule has 1 N–H and O–H groups in total. The molecular weight excluding hydrogens is 484 g/mol. The molecule has 0 heterocycles. The summed E-state index contributed by atoms with van der Waals surface area (Å²) in [6.07, 6.45) is 1.86. The largest absolute Gasteiger partial charge is 0.497 e. The van der Waals surface area contributed by atoms with Gasteiger partial charge in [0.1, 0.15) is 17.5 Å². The van der Waals surface area contributed by atoms with Crippen LogP contribution in [0.5, 0.6) is 11.5 Å². The molecule has 2 rings (SSSR count). The van der Waals surface area contributed by atoms with Crippen molar-refractivity contribution in [3.05, 3.63) is 57.5 Å². The smallest absolute Gasteiger partial charge is 0.261 e. The highest BCUT2D eigenvalue weighted by molar-refractivity contribution is 9.10. The molecule has 0 spiro atoms. The van der Waals surface area contributed by atoms with Crippen molar-refractivity contribution in [2.24, 2.45) is 0 Å². The summed E-state index contributed by atoms with van der Waals surface area (Å²) in [6, 6.07) is 11.8. The Kier molecular flexibility index (Phi) is 10.1. The Hall–Kier alpha value is -2.25. The lowest BCUT2D eigenvalue weighted by molar-refractivity contribution is -0.142. The van der Waals surface area contributed by atoms with Gasteiger partial charge < -0.3 is 19.7 Å². The molecule has 168 valence electrons. The molecule has 0 aliphatic carbocycles. The Morgan fingerprint density at radius 3 is 2.68 bits per heavy atom. The van der Waals surface area contributed by atoms with Crippen LogP contribution >= 0.6 is 27.5 Å². The predicted molar refractivity (Wildman–Crippen MR) is 126 cm³/mol. The molecule has 0 bridgehead atoms. The number of hydrogen-bond donors (Lipinski definition) is 1. The fourth-order valence-electron chi connectivity index (χ4n) is 2.90. The van der Waals surface area contributed by atoms with Gasteiger partial charge in [-0.2, -0.15) is 0 Å². The van der Waals surface area contributed by atoms with Crippen molar-refractivity contribution < 1.29 is 19.1 Å². The molecular formula is C23H28BrClN2O4. The fourth-order valence-corrected chi connectivity index (χ4v) is 3.70. The number of carbonyl (C=O) groups is 2. The molecule has 2 aromatic rings. The zero-order chi connectivity index (χ0) is 22.8. The minimum Gasteiger partial charge on any atom is -0.497 e. The summed E-state index contributed by atoms with van der Waals surface area (Å²) in [6.45, 7) is 4.40. The van der Waals surface area contributed by atoms with Gasteiger partial charge >= 0.3 is 0 Å². The minimum absolute atomic E-state index is 0.197. The molecule has 0 fully saturated rings. The van der Waals surface area contributed by atoms with E-state index < -0.39 is 6.04 Å². The van der Waals surface area contributed by atoms with Crippen molar-refractivity contribution in [1.82, 2.24) is 10.2 Å². The first-order valence-corrected chi connectivity index (χ1v) is 11.3. The zero-order valence-corrected chi connectivity index (χ0v) is 20.3. The van der Waals surface area contributed by atoms with Gasteiger partial charge in [0.05, 0.1) is 11.6 Å². The van der Waals surface area contributed by atoms with E-state index in [2.05, 4.69) is 28.2 Å². The van der Waals surface area contributed by atoms with E-state index in [0.29, 0.717) is 27.5 Å². The van der Waals surface area contributed by atoms with Crippen LogP contribution < -0.4 is 14.8 Å². The molecule has 0 saturated heterocycles. The number of hydrogen-bond acceptors (Lipinski definition) is 4. The van der Waals surface area contributed by atoms with Gasteiger partial charge in [-0.05, 0) is 65.2 Å². The van der Waals surface area contributed by atoms with E-state index in [-0.39, 0.29) is 25.0 Å². The van der Waals surface area contributed by atoms with Gasteiger partial charge in [0.2, 0.25) is 5.91 Å².